The van der Waals surface area contributed by atoms with Crippen molar-refractivity contribution in [1.82, 2.24) is 24.6 Å². The third kappa shape index (κ3) is 4.65. The van der Waals surface area contributed by atoms with Gasteiger partial charge in [-0.25, -0.2) is 9.97 Å². The van der Waals surface area contributed by atoms with Gasteiger partial charge in [0.05, 0.1) is 5.02 Å². The van der Waals surface area contributed by atoms with Crippen LogP contribution in [0.4, 0.5) is 0 Å². The summed E-state index contributed by atoms with van der Waals surface area (Å²) in [6.45, 7) is 1.75. The summed E-state index contributed by atoms with van der Waals surface area (Å²) in [4.78, 5) is 35.6. The van der Waals surface area contributed by atoms with E-state index in [1.165, 1.54) is 5.56 Å². The van der Waals surface area contributed by atoms with E-state index in [0.717, 1.165) is 24.1 Å². The number of amides is 2. The molecule has 0 saturated carbocycles. The van der Waals surface area contributed by atoms with Crippen LogP contribution in [0, 0.1) is 0 Å². The number of aromatic nitrogens is 3. The van der Waals surface area contributed by atoms with Crippen molar-refractivity contribution < 1.29 is 9.59 Å². The molecule has 1 saturated heterocycles. The number of carbonyl (C=O) groups excluding carboxylic acids is 2. The second-order valence-corrected chi connectivity index (χ2v) is 8.84. The van der Waals surface area contributed by atoms with E-state index in [4.69, 9.17) is 11.6 Å². The highest BCUT2D eigenvalue weighted by Crippen LogP contribution is 2.29. The zero-order valence-corrected chi connectivity index (χ0v) is 19.3. The summed E-state index contributed by atoms with van der Waals surface area (Å²) < 4.78 is 1.93. The van der Waals surface area contributed by atoms with Gasteiger partial charge in [-0.3, -0.25) is 9.59 Å². The number of hydrogen-bond acceptors (Lipinski definition) is 4. The van der Waals surface area contributed by atoms with Crippen molar-refractivity contribution in [3.63, 3.8) is 0 Å². The summed E-state index contributed by atoms with van der Waals surface area (Å²) in [5.74, 6) is 0.118. The first-order valence-electron chi connectivity index (χ1n) is 11.3. The molecule has 0 aliphatic carbocycles. The van der Waals surface area contributed by atoms with E-state index in [9.17, 15) is 9.59 Å². The van der Waals surface area contributed by atoms with Crippen LogP contribution in [0.3, 0.4) is 0 Å². The molecule has 0 unspecified atom stereocenters. The molecule has 1 aliphatic heterocycles. The maximum Gasteiger partial charge on any atom is 0.273 e. The van der Waals surface area contributed by atoms with Crippen LogP contribution in [0.15, 0.2) is 73.3 Å². The Labute approximate surface area is 202 Å². The molecule has 1 aliphatic rings. The molecular weight excluding hydrogens is 450 g/mol. The van der Waals surface area contributed by atoms with Gasteiger partial charge in [0.25, 0.3) is 11.8 Å². The smallest absolute Gasteiger partial charge is 0.273 e. The van der Waals surface area contributed by atoms with Crippen molar-refractivity contribution >= 4 is 29.1 Å². The van der Waals surface area contributed by atoms with E-state index in [0.29, 0.717) is 41.8 Å². The highest BCUT2D eigenvalue weighted by molar-refractivity contribution is 6.33. The van der Waals surface area contributed by atoms with Gasteiger partial charge >= 0.3 is 0 Å². The Bertz CT molecular complexity index is 1330. The highest BCUT2D eigenvalue weighted by atomic mass is 35.5. The summed E-state index contributed by atoms with van der Waals surface area (Å²) in [6, 6.07) is 15.1. The SMILES string of the molecule is O=C(NCc1ccn2ccnc2c1)c1ccc(C2CCN(C(=O)c3ncccc3Cl)CC2)cc1. The van der Waals surface area contributed by atoms with Gasteiger partial charge < -0.3 is 14.6 Å². The fourth-order valence-electron chi connectivity index (χ4n) is 4.36. The minimum Gasteiger partial charge on any atom is -0.348 e. The molecular formula is C26H24ClN5O2. The first-order valence-corrected chi connectivity index (χ1v) is 11.7. The number of rotatable bonds is 5. The van der Waals surface area contributed by atoms with Gasteiger partial charge in [-0.2, -0.15) is 0 Å². The Morgan fingerprint density at radius 3 is 2.56 bits per heavy atom. The van der Waals surface area contributed by atoms with Gasteiger partial charge in [-0.15, -0.1) is 0 Å². The number of nitrogens with zero attached hydrogens (tertiary/aromatic N) is 4. The number of benzene rings is 1. The molecule has 4 heterocycles. The molecule has 0 spiro atoms. The van der Waals surface area contributed by atoms with Crippen LogP contribution in [0.5, 0.6) is 0 Å². The number of imidazole rings is 1. The Hall–Kier alpha value is -3.71. The van der Waals surface area contributed by atoms with E-state index in [2.05, 4.69) is 15.3 Å². The molecule has 0 atom stereocenters. The third-order valence-corrected chi connectivity index (χ3v) is 6.61. The molecule has 0 radical (unpaired) electrons. The van der Waals surface area contributed by atoms with Gasteiger partial charge in [0.2, 0.25) is 0 Å². The molecule has 1 fully saturated rings. The Kier molecular flexibility index (Phi) is 6.27. The minimum absolute atomic E-state index is 0.109. The van der Waals surface area contributed by atoms with Gasteiger partial charge in [0, 0.05) is 50.0 Å². The summed E-state index contributed by atoms with van der Waals surface area (Å²) in [5, 5.41) is 3.35. The lowest BCUT2D eigenvalue weighted by atomic mass is 9.89. The van der Waals surface area contributed by atoms with Crippen molar-refractivity contribution in [2.75, 3.05) is 13.1 Å². The monoisotopic (exact) mass is 473 g/mol. The Balaban J connectivity index is 1.15. The summed E-state index contributed by atoms with van der Waals surface area (Å²) >= 11 is 6.13. The van der Waals surface area contributed by atoms with Crippen molar-refractivity contribution in [1.29, 1.82) is 0 Å². The molecule has 34 heavy (non-hydrogen) atoms. The van der Waals surface area contributed by atoms with Crippen LogP contribution in [-0.2, 0) is 6.54 Å². The second-order valence-electron chi connectivity index (χ2n) is 8.43. The van der Waals surface area contributed by atoms with Crippen molar-refractivity contribution in [3.05, 3.63) is 101 Å². The zero-order chi connectivity index (χ0) is 23.5. The maximum atomic E-state index is 12.7. The number of fused-ring (bicyclic) bond motifs is 1. The van der Waals surface area contributed by atoms with Crippen LogP contribution in [0.25, 0.3) is 5.65 Å². The lowest BCUT2D eigenvalue weighted by Crippen LogP contribution is -2.38. The normalized spacial score (nSPS) is 14.3. The lowest BCUT2D eigenvalue weighted by Gasteiger charge is -2.32. The topological polar surface area (TPSA) is 79.6 Å². The highest BCUT2D eigenvalue weighted by Gasteiger charge is 2.26. The standard InChI is InChI=1S/C26H24ClN5O2/c27-22-2-1-10-29-24(22)26(34)32-13-8-20(9-14-32)19-3-5-21(6-4-19)25(33)30-17-18-7-12-31-15-11-28-23(31)16-18/h1-7,10-12,15-16,20H,8-9,13-14,17H2,(H,30,33). The van der Waals surface area contributed by atoms with Gasteiger partial charge in [0.15, 0.2) is 0 Å². The van der Waals surface area contributed by atoms with Gasteiger partial charge in [0.1, 0.15) is 11.3 Å². The van der Waals surface area contributed by atoms with Crippen LogP contribution < -0.4 is 5.32 Å². The predicted octanol–water partition coefficient (Wildman–Crippen LogP) is 4.33. The quantitative estimate of drug-likeness (QED) is 0.468. The maximum absolute atomic E-state index is 12.7. The molecule has 0 bridgehead atoms. The first-order chi connectivity index (χ1) is 16.6. The van der Waals surface area contributed by atoms with Crippen LogP contribution in [0.1, 0.15) is 50.7 Å². The van der Waals surface area contributed by atoms with Crippen molar-refractivity contribution in [2.24, 2.45) is 0 Å². The Morgan fingerprint density at radius 2 is 1.79 bits per heavy atom. The number of pyridine rings is 2. The summed E-state index contributed by atoms with van der Waals surface area (Å²) in [5.41, 5.74) is 3.97. The van der Waals surface area contributed by atoms with E-state index < -0.39 is 0 Å². The number of carbonyl (C=O) groups is 2. The van der Waals surface area contributed by atoms with Gasteiger partial charge in [-0.05, 0) is 66.3 Å². The van der Waals surface area contributed by atoms with E-state index in [1.54, 1.807) is 24.5 Å². The van der Waals surface area contributed by atoms with E-state index in [1.807, 2.05) is 58.1 Å². The average molecular weight is 474 g/mol. The number of hydrogen-bond donors (Lipinski definition) is 1. The second kappa shape index (κ2) is 9.65. The van der Waals surface area contributed by atoms with Crippen LogP contribution in [-0.4, -0.2) is 44.2 Å². The molecule has 8 heteroatoms. The summed E-state index contributed by atoms with van der Waals surface area (Å²) in [6.07, 6.45) is 8.87. The number of nitrogens with one attached hydrogen (secondary N) is 1. The molecule has 1 aromatic carbocycles. The van der Waals surface area contributed by atoms with Crippen LogP contribution >= 0.6 is 11.6 Å². The molecule has 5 rings (SSSR count). The van der Waals surface area contributed by atoms with Crippen molar-refractivity contribution in [2.45, 2.75) is 25.3 Å². The number of piperidine rings is 1. The number of halogens is 1. The molecule has 4 aromatic rings. The predicted molar refractivity (Wildman–Crippen MR) is 130 cm³/mol. The van der Waals surface area contributed by atoms with E-state index in [-0.39, 0.29) is 11.8 Å². The molecule has 1 N–H and O–H groups in total. The Morgan fingerprint density at radius 1 is 1.00 bits per heavy atom. The van der Waals surface area contributed by atoms with Gasteiger partial charge in [-0.1, -0.05) is 23.7 Å². The molecule has 7 nitrogen and oxygen atoms in total. The molecule has 3 aromatic heterocycles. The number of likely N-dealkylation sites (tertiary alicyclic amines) is 1. The average Bonchev–Trinajstić information content (AvgIpc) is 3.35. The summed E-state index contributed by atoms with van der Waals surface area (Å²) in [7, 11) is 0. The fourth-order valence-corrected chi connectivity index (χ4v) is 4.56. The zero-order valence-electron chi connectivity index (χ0n) is 18.5. The lowest BCUT2D eigenvalue weighted by molar-refractivity contribution is 0.0707. The first kappa shape index (κ1) is 22.1. The minimum atomic E-state index is -0.122. The van der Waals surface area contributed by atoms with E-state index >= 15 is 0 Å². The largest absolute Gasteiger partial charge is 0.348 e. The molecule has 172 valence electrons. The third-order valence-electron chi connectivity index (χ3n) is 6.30. The van der Waals surface area contributed by atoms with Crippen molar-refractivity contribution in [3.8, 4) is 0 Å². The fraction of sp³-hybridized carbons (Fsp3) is 0.231. The van der Waals surface area contributed by atoms with Crippen LogP contribution in [0.2, 0.25) is 5.02 Å². The molecule has 2 amide bonds.